The van der Waals surface area contributed by atoms with Gasteiger partial charge in [0.05, 0.1) is 11.1 Å². The van der Waals surface area contributed by atoms with E-state index in [0.29, 0.717) is 31.9 Å². The second-order valence-corrected chi connectivity index (χ2v) is 8.28. The Labute approximate surface area is 186 Å². The highest BCUT2D eigenvalue weighted by atomic mass is 16.2. The van der Waals surface area contributed by atoms with Crippen LogP contribution in [0.4, 0.5) is 0 Å². The molecule has 6 heteroatoms. The average molecular weight is 427 g/mol. The lowest BCUT2D eigenvalue weighted by Gasteiger charge is -2.35. The second kappa shape index (κ2) is 8.11. The largest absolute Gasteiger partial charge is 0.351 e. The summed E-state index contributed by atoms with van der Waals surface area (Å²) < 4.78 is 0. The number of carbonyl (C=O) groups is 2. The molecule has 1 aliphatic rings. The van der Waals surface area contributed by atoms with Crippen LogP contribution in [0.2, 0.25) is 0 Å². The first-order chi connectivity index (χ1) is 15.6. The molecule has 1 fully saturated rings. The second-order valence-electron chi connectivity index (χ2n) is 8.28. The van der Waals surface area contributed by atoms with Crippen LogP contribution in [0.1, 0.15) is 39.0 Å². The number of nitrogens with one attached hydrogen (secondary N) is 1. The van der Waals surface area contributed by atoms with Crippen LogP contribution in [-0.2, 0) is 6.42 Å². The first-order valence-corrected chi connectivity index (χ1v) is 11.1. The summed E-state index contributed by atoms with van der Waals surface area (Å²) in [5.41, 5.74) is 5.05. The molecule has 0 unspecified atom stereocenters. The first-order valence-electron chi connectivity index (χ1n) is 11.1. The molecule has 3 heterocycles. The van der Waals surface area contributed by atoms with E-state index in [1.54, 1.807) is 0 Å². The molecule has 0 aliphatic carbocycles. The molecule has 2 aromatic heterocycles. The summed E-state index contributed by atoms with van der Waals surface area (Å²) in [4.78, 5) is 38.2. The van der Waals surface area contributed by atoms with Gasteiger partial charge in [-0.1, -0.05) is 43.3 Å². The van der Waals surface area contributed by atoms with E-state index in [-0.39, 0.29) is 11.8 Å². The van der Waals surface area contributed by atoms with Gasteiger partial charge in [-0.15, -0.1) is 0 Å². The van der Waals surface area contributed by atoms with Gasteiger partial charge >= 0.3 is 0 Å². The zero-order chi connectivity index (χ0) is 22.2. The zero-order valence-electron chi connectivity index (χ0n) is 18.4. The van der Waals surface area contributed by atoms with Gasteiger partial charge in [-0.05, 0) is 37.1 Å². The van der Waals surface area contributed by atoms with Crippen molar-refractivity contribution in [2.45, 2.75) is 20.3 Å². The Balaban J connectivity index is 1.36. The van der Waals surface area contributed by atoms with Crippen LogP contribution in [0, 0.1) is 6.92 Å². The molecule has 0 bridgehead atoms. The van der Waals surface area contributed by atoms with Crippen LogP contribution in [0.3, 0.4) is 0 Å². The Kier molecular flexibility index (Phi) is 5.13. The summed E-state index contributed by atoms with van der Waals surface area (Å²) in [6.07, 6.45) is 0.781. The summed E-state index contributed by atoms with van der Waals surface area (Å²) in [6.45, 7) is 6.12. The Hall–Kier alpha value is -3.67. The summed E-state index contributed by atoms with van der Waals surface area (Å²) in [5, 5.41) is 1.92. The molecule has 1 N–H and O–H groups in total. The third-order valence-electron chi connectivity index (χ3n) is 6.40. The number of aryl methyl sites for hydroxylation is 1. The van der Waals surface area contributed by atoms with Gasteiger partial charge < -0.3 is 14.8 Å². The number of fused-ring (bicyclic) bond motifs is 2. The lowest BCUT2D eigenvalue weighted by Crippen LogP contribution is -2.50. The number of H-pyrrole nitrogens is 1. The first kappa shape index (κ1) is 20.2. The number of rotatable bonds is 3. The Morgan fingerprint density at radius 3 is 2.31 bits per heavy atom. The topological polar surface area (TPSA) is 69.3 Å². The van der Waals surface area contributed by atoms with Crippen molar-refractivity contribution < 1.29 is 9.59 Å². The summed E-state index contributed by atoms with van der Waals surface area (Å²) >= 11 is 0. The number of amides is 2. The normalized spacial score (nSPS) is 14.3. The number of aromatic nitrogens is 2. The number of aromatic amines is 1. The quantitative estimate of drug-likeness (QED) is 0.534. The minimum atomic E-state index is -0.0212. The smallest absolute Gasteiger partial charge is 0.270 e. The highest BCUT2D eigenvalue weighted by Crippen LogP contribution is 2.26. The van der Waals surface area contributed by atoms with Crippen LogP contribution in [0.15, 0.2) is 54.6 Å². The van der Waals surface area contributed by atoms with Crippen molar-refractivity contribution in [3.05, 3.63) is 77.1 Å². The Bertz CT molecular complexity index is 1300. The Morgan fingerprint density at radius 2 is 1.59 bits per heavy atom. The van der Waals surface area contributed by atoms with Crippen LogP contribution in [0.25, 0.3) is 21.8 Å². The minimum absolute atomic E-state index is 0.0212. The molecule has 4 aromatic rings. The van der Waals surface area contributed by atoms with Gasteiger partial charge in [-0.25, -0.2) is 0 Å². The molecule has 5 rings (SSSR count). The molecule has 2 amide bonds. The van der Waals surface area contributed by atoms with Gasteiger partial charge in [0.15, 0.2) is 0 Å². The molecule has 1 saturated heterocycles. The number of benzene rings is 2. The van der Waals surface area contributed by atoms with E-state index in [0.717, 1.165) is 45.0 Å². The van der Waals surface area contributed by atoms with Crippen LogP contribution in [0.5, 0.6) is 0 Å². The van der Waals surface area contributed by atoms with Crippen LogP contribution in [-0.4, -0.2) is 57.8 Å². The fraction of sp³-hybridized carbons (Fsp3) is 0.269. The van der Waals surface area contributed by atoms with E-state index in [9.17, 15) is 9.59 Å². The van der Waals surface area contributed by atoms with E-state index in [1.165, 1.54) is 0 Å². The molecule has 0 atom stereocenters. The van der Waals surface area contributed by atoms with Gasteiger partial charge in [0.25, 0.3) is 11.8 Å². The van der Waals surface area contributed by atoms with Gasteiger partial charge in [-0.3, -0.25) is 14.6 Å². The number of pyridine rings is 1. The predicted octanol–water partition coefficient (Wildman–Crippen LogP) is 4.19. The van der Waals surface area contributed by atoms with E-state index in [1.807, 2.05) is 71.3 Å². The lowest BCUT2D eigenvalue weighted by atomic mass is 9.99. The monoisotopic (exact) mass is 426 g/mol. The van der Waals surface area contributed by atoms with E-state index in [4.69, 9.17) is 4.98 Å². The molecule has 2 aromatic carbocycles. The van der Waals surface area contributed by atoms with Gasteiger partial charge in [0.2, 0.25) is 0 Å². The van der Waals surface area contributed by atoms with Crippen molar-refractivity contribution in [3.63, 3.8) is 0 Å². The van der Waals surface area contributed by atoms with Crippen molar-refractivity contribution in [2.24, 2.45) is 0 Å². The maximum atomic E-state index is 13.6. The predicted molar refractivity (Wildman–Crippen MR) is 126 cm³/mol. The number of piperazine rings is 1. The summed E-state index contributed by atoms with van der Waals surface area (Å²) in [5.74, 6) is 0.000575. The molecule has 32 heavy (non-hydrogen) atoms. The Morgan fingerprint density at radius 1 is 0.938 bits per heavy atom. The molecule has 6 nitrogen and oxygen atoms in total. The number of nitrogens with zero attached hydrogens (tertiary/aromatic N) is 3. The van der Waals surface area contributed by atoms with Gasteiger partial charge in [0.1, 0.15) is 5.69 Å². The molecule has 162 valence electrons. The number of hydrogen-bond donors (Lipinski definition) is 1. The number of para-hydroxylation sites is 2. The van der Waals surface area contributed by atoms with Gasteiger partial charge in [0, 0.05) is 48.2 Å². The van der Waals surface area contributed by atoms with E-state index in [2.05, 4.69) is 11.9 Å². The fourth-order valence-corrected chi connectivity index (χ4v) is 4.61. The maximum Gasteiger partial charge on any atom is 0.270 e. The highest BCUT2D eigenvalue weighted by Gasteiger charge is 2.28. The van der Waals surface area contributed by atoms with Gasteiger partial charge in [-0.2, -0.15) is 0 Å². The van der Waals surface area contributed by atoms with E-state index >= 15 is 0 Å². The molecular weight excluding hydrogens is 400 g/mol. The van der Waals surface area contributed by atoms with E-state index < -0.39 is 0 Å². The number of carbonyl (C=O) groups excluding carboxylic acids is 2. The molecule has 0 saturated carbocycles. The molecule has 0 spiro atoms. The highest BCUT2D eigenvalue weighted by molar-refractivity contribution is 6.07. The standard InChI is InChI=1S/C26H26N4O2/c1-3-20-17(2)24(19-9-5-7-11-22(19)27-20)26(32)30-14-12-29(13-15-30)25(31)23-16-18-8-4-6-10-21(18)28-23/h4-11,16,28H,3,12-15H2,1-2H3. The van der Waals surface area contributed by atoms with Crippen molar-refractivity contribution in [1.82, 2.24) is 19.8 Å². The lowest BCUT2D eigenvalue weighted by molar-refractivity contribution is 0.0533. The van der Waals surface area contributed by atoms with Crippen LogP contribution >= 0.6 is 0 Å². The SMILES string of the molecule is CCc1nc2ccccc2c(C(=O)N2CCN(C(=O)c3cc4ccccc4[nH]3)CC2)c1C. The minimum Gasteiger partial charge on any atom is -0.351 e. The number of hydrogen-bond acceptors (Lipinski definition) is 3. The van der Waals surface area contributed by atoms with Crippen molar-refractivity contribution >= 4 is 33.6 Å². The third-order valence-corrected chi connectivity index (χ3v) is 6.40. The fourth-order valence-electron chi connectivity index (χ4n) is 4.61. The molecular formula is C26H26N4O2. The summed E-state index contributed by atoms with van der Waals surface area (Å²) in [7, 11) is 0. The average Bonchev–Trinajstić information content (AvgIpc) is 3.27. The zero-order valence-corrected chi connectivity index (χ0v) is 18.4. The van der Waals surface area contributed by atoms with Crippen LogP contribution < -0.4 is 0 Å². The van der Waals surface area contributed by atoms with Crippen molar-refractivity contribution in [3.8, 4) is 0 Å². The van der Waals surface area contributed by atoms with Crippen molar-refractivity contribution in [1.29, 1.82) is 0 Å². The summed E-state index contributed by atoms with van der Waals surface area (Å²) in [6, 6.07) is 17.6. The third kappa shape index (κ3) is 3.42. The molecule has 0 radical (unpaired) electrons. The molecule has 1 aliphatic heterocycles. The van der Waals surface area contributed by atoms with Crippen molar-refractivity contribution in [2.75, 3.05) is 26.2 Å². The maximum absolute atomic E-state index is 13.6.